The molecule has 0 saturated heterocycles. The number of guanidine groups is 1. The van der Waals surface area contributed by atoms with Crippen LogP contribution in [0, 0.1) is 0 Å². The third-order valence-corrected chi connectivity index (χ3v) is 4.66. The minimum atomic E-state index is 0. The van der Waals surface area contributed by atoms with Gasteiger partial charge in [-0.05, 0) is 50.1 Å². The molecule has 1 aromatic carbocycles. The summed E-state index contributed by atoms with van der Waals surface area (Å²) >= 11 is 0. The molecule has 0 spiro atoms. The Balaban J connectivity index is 0.00000280. The van der Waals surface area contributed by atoms with Gasteiger partial charge in [0.2, 0.25) is 0 Å². The van der Waals surface area contributed by atoms with Crippen molar-refractivity contribution in [3.8, 4) is 0 Å². The average molecular weight is 494 g/mol. The van der Waals surface area contributed by atoms with E-state index in [0.717, 1.165) is 44.2 Å². The van der Waals surface area contributed by atoms with Crippen molar-refractivity contribution in [3.05, 3.63) is 71.7 Å². The molecule has 2 N–H and O–H groups in total. The SMILES string of the molecule is CCNC(=NCc1ccccc1CN(C)Cc1ccco1)NC1CC=CC1.I. The van der Waals surface area contributed by atoms with E-state index in [9.17, 15) is 0 Å². The highest BCUT2D eigenvalue weighted by atomic mass is 127. The summed E-state index contributed by atoms with van der Waals surface area (Å²) in [6.45, 7) is 5.29. The van der Waals surface area contributed by atoms with E-state index in [-0.39, 0.29) is 24.0 Å². The van der Waals surface area contributed by atoms with Crippen molar-refractivity contribution < 1.29 is 4.42 Å². The van der Waals surface area contributed by atoms with E-state index in [4.69, 9.17) is 9.41 Å². The fraction of sp³-hybridized carbons (Fsp3) is 0.409. The molecule has 0 amide bonds. The quantitative estimate of drug-likeness (QED) is 0.249. The minimum absolute atomic E-state index is 0. The summed E-state index contributed by atoms with van der Waals surface area (Å²) in [5.74, 6) is 1.88. The van der Waals surface area contributed by atoms with Gasteiger partial charge < -0.3 is 15.1 Å². The Morgan fingerprint density at radius 2 is 1.86 bits per heavy atom. The van der Waals surface area contributed by atoms with E-state index in [1.807, 2.05) is 12.1 Å². The van der Waals surface area contributed by atoms with Crippen molar-refractivity contribution in [2.24, 2.45) is 4.99 Å². The molecule has 0 fully saturated rings. The van der Waals surface area contributed by atoms with Crippen LogP contribution < -0.4 is 10.6 Å². The van der Waals surface area contributed by atoms with Gasteiger partial charge in [-0.1, -0.05) is 36.4 Å². The molecular formula is C22H31IN4O. The molecule has 1 aliphatic rings. The van der Waals surface area contributed by atoms with E-state index in [2.05, 4.69) is 65.9 Å². The van der Waals surface area contributed by atoms with Gasteiger partial charge in [-0.15, -0.1) is 24.0 Å². The third-order valence-electron chi connectivity index (χ3n) is 4.66. The summed E-state index contributed by atoms with van der Waals surface area (Å²) < 4.78 is 5.46. The maximum atomic E-state index is 5.46. The summed E-state index contributed by atoms with van der Waals surface area (Å²) in [5, 5.41) is 6.89. The number of benzene rings is 1. The molecule has 6 heteroatoms. The predicted molar refractivity (Wildman–Crippen MR) is 126 cm³/mol. The molecule has 1 heterocycles. The predicted octanol–water partition coefficient (Wildman–Crippen LogP) is 4.30. The molecule has 152 valence electrons. The minimum Gasteiger partial charge on any atom is -0.468 e. The fourth-order valence-electron chi connectivity index (χ4n) is 3.29. The first-order chi connectivity index (χ1) is 13.2. The van der Waals surface area contributed by atoms with Gasteiger partial charge in [-0.3, -0.25) is 4.90 Å². The maximum Gasteiger partial charge on any atom is 0.191 e. The van der Waals surface area contributed by atoms with E-state index in [1.54, 1.807) is 6.26 Å². The molecule has 28 heavy (non-hydrogen) atoms. The van der Waals surface area contributed by atoms with Crippen LogP contribution in [0.15, 0.2) is 64.2 Å². The Bertz CT molecular complexity index is 750. The van der Waals surface area contributed by atoms with Crippen LogP contribution in [0.4, 0.5) is 0 Å². The van der Waals surface area contributed by atoms with E-state index in [0.29, 0.717) is 12.6 Å². The van der Waals surface area contributed by atoms with Crippen molar-refractivity contribution in [1.29, 1.82) is 0 Å². The van der Waals surface area contributed by atoms with Crippen LogP contribution in [-0.2, 0) is 19.6 Å². The Hall–Kier alpha value is -1.80. The van der Waals surface area contributed by atoms with E-state index >= 15 is 0 Å². The fourth-order valence-corrected chi connectivity index (χ4v) is 3.29. The second-order valence-electron chi connectivity index (χ2n) is 7.00. The first-order valence-electron chi connectivity index (χ1n) is 9.72. The zero-order chi connectivity index (χ0) is 18.9. The van der Waals surface area contributed by atoms with Crippen LogP contribution >= 0.6 is 24.0 Å². The lowest BCUT2D eigenvalue weighted by Crippen LogP contribution is -2.42. The van der Waals surface area contributed by atoms with Crippen molar-refractivity contribution >= 4 is 29.9 Å². The molecule has 0 atom stereocenters. The average Bonchev–Trinajstić information content (AvgIpc) is 3.35. The van der Waals surface area contributed by atoms with Gasteiger partial charge in [0, 0.05) is 19.1 Å². The number of halogens is 1. The molecule has 0 unspecified atom stereocenters. The number of aliphatic imine (C=N–C) groups is 1. The lowest BCUT2D eigenvalue weighted by Gasteiger charge is -2.19. The van der Waals surface area contributed by atoms with Gasteiger partial charge in [-0.25, -0.2) is 4.99 Å². The van der Waals surface area contributed by atoms with Crippen LogP contribution in [0.1, 0.15) is 36.7 Å². The van der Waals surface area contributed by atoms with E-state index < -0.39 is 0 Å². The highest BCUT2D eigenvalue weighted by molar-refractivity contribution is 14.0. The highest BCUT2D eigenvalue weighted by Gasteiger charge is 2.12. The number of hydrogen-bond acceptors (Lipinski definition) is 3. The molecule has 1 aromatic heterocycles. The van der Waals surface area contributed by atoms with Crippen LogP contribution in [-0.4, -0.2) is 30.5 Å². The molecule has 3 rings (SSSR count). The van der Waals surface area contributed by atoms with Gasteiger partial charge in [-0.2, -0.15) is 0 Å². The molecule has 0 bridgehead atoms. The number of hydrogen-bond donors (Lipinski definition) is 2. The van der Waals surface area contributed by atoms with Gasteiger partial charge in [0.1, 0.15) is 5.76 Å². The molecule has 0 aliphatic heterocycles. The number of furan rings is 1. The van der Waals surface area contributed by atoms with Gasteiger partial charge in [0.25, 0.3) is 0 Å². The summed E-state index contributed by atoms with van der Waals surface area (Å²) in [7, 11) is 2.11. The smallest absolute Gasteiger partial charge is 0.191 e. The second kappa shape index (κ2) is 11.9. The summed E-state index contributed by atoms with van der Waals surface area (Å²) in [4.78, 5) is 7.08. The Labute approximate surface area is 185 Å². The third kappa shape index (κ3) is 6.98. The van der Waals surface area contributed by atoms with Crippen LogP contribution in [0.2, 0.25) is 0 Å². The second-order valence-corrected chi connectivity index (χ2v) is 7.00. The van der Waals surface area contributed by atoms with Crippen molar-refractivity contribution in [2.45, 2.75) is 45.4 Å². The number of nitrogens with zero attached hydrogens (tertiary/aromatic N) is 2. The first-order valence-corrected chi connectivity index (χ1v) is 9.72. The monoisotopic (exact) mass is 494 g/mol. The largest absolute Gasteiger partial charge is 0.468 e. The van der Waals surface area contributed by atoms with Crippen LogP contribution in [0.5, 0.6) is 0 Å². The number of rotatable bonds is 8. The van der Waals surface area contributed by atoms with Gasteiger partial charge in [0.15, 0.2) is 5.96 Å². The Morgan fingerprint density at radius 1 is 1.11 bits per heavy atom. The highest BCUT2D eigenvalue weighted by Crippen LogP contribution is 2.15. The van der Waals surface area contributed by atoms with Crippen molar-refractivity contribution in [1.82, 2.24) is 15.5 Å². The summed E-state index contributed by atoms with van der Waals surface area (Å²) in [6, 6.07) is 12.9. The van der Waals surface area contributed by atoms with Crippen molar-refractivity contribution in [2.75, 3.05) is 13.6 Å². The molecule has 0 radical (unpaired) electrons. The van der Waals surface area contributed by atoms with Crippen LogP contribution in [0.3, 0.4) is 0 Å². The topological polar surface area (TPSA) is 52.8 Å². The molecule has 0 saturated carbocycles. The van der Waals surface area contributed by atoms with Crippen LogP contribution in [0.25, 0.3) is 0 Å². The molecular weight excluding hydrogens is 463 g/mol. The molecule has 1 aliphatic carbocycles. The van der Waals surface area contributed by atoms with Crippen molar-refractivity contribution in [3.63, 3.8) is 0 Å². The zero-order valence-electron chi connectivity index (χ0n) is 16.7. The summed E-state index contributed by atoms with van der Waals surface area (Å²) in [5.41, 5.74) is 2.55. The molecule has 2 aromatic rings. The van der Waals surface area contributed by atoms with Gasteiger partial charge >= 0.3 is 0 Å². The van der Waals surface area contributed by atoms with E-state index in [1.165, 1.54) is 11.1 Å². The summed E-state index contributed by atoms with van der Waals surface area (Å²) in [6.07, 6.45) is 8.31. The Morgan fingerprint density at radius 3 is 2.54 bits per heavy atom. The normalized spacial score (nSPS) is 14.3. The standard InChI is InChI=1S/C22H30N4O.HI/c1-3-23-22(25-20-11-6-7-12-20)24-15-18-9-4-5-10-19(18)16-26(2)17-21-13-8-14-27-21;/h4-10,13-14,20H,3,11-12,15-17H2,1-2H3,(H2,23,24,25);1H. The maximum absolute atomic E-state index is 5.46. The molecule has 5 nitrogen and oxygen atoms in total. The lowest BCUT2D eigenvalue weighted by molar-refractivity contribution is 0.287. The first kappa shape index (κ1) is 22.5. The lowest BCUT2D eigenvalue weighted by atomic mass is 10.1. The zero-order valence-corrected chi connectivity index (χ0v) is 19.1. The van der Waals surface area contributed by atoms with Gasteiger partial charge in [0.05, 0.1) is 19.4 Å². The number of nitrogens with one attached hydrogen (secondary N) is 2. The Kier molecular flexibility index (Phi) is 9.57.